The molecular formula is C10H16N2O. The van der Waals surface area contributed by atoms with Gasteiger partial charge in [-0.05, 0) is 32.4 Å². The summed E-state index contributed by atoms with van der Waals surface area (Å²) in [6.07, 6.45) is 0.347. The van der Waals surface area contributed by atoms with E-state index >= 15 is 0 Å². The zero-order chi connectivity index (χ0) is 10.0. The van der Waals surface area contributed by atoms with Crippen LogP contribution in [0.15, 0.2) is 6.07 Å². The Balaban J connectivity index is 3.03. The van der Waals surface area contributed by atoms with Crippen LogP contribution >= 0.6 is 0 Å². The topological polar surface area (TPSA) is 48.0 Å². The van der Waals surface area contributed by atoms with Crippen LogP contribution in [0, 0.1) is 13.8 Å². The SMILES string of the molecule is CCn1c(C)cc(CC(N)=O)c1C. The molecule has 0 aliphatic heterocycles. The summed E-state index contributed by atoms with van der Waals surface area (Å²) >= 11 is 0. The second kappa shape index (κ2) is 3.64. The molecule has 2 N–H and O–H groups in total. The maximum atomic E-state index is 10.7. The molecule has 1 heterocycles. The number of primary amides is 1. The van der Waals surface area contributed by atoms with Crippen molar-refractivity contribution < 1.29 is 4.79 Å². The van der Waals surface area contributed by atoms with E-state index in [1.165, 1.54) is 5.69 Å². The van der Waals surface area contributed by atoms with Crippen molar-refractivity contribution in [3.8, 4) is 0 Å². The van der Waals surface area contributed by atoms with Crippen molar-refractivity contribution in [2.75, 3.05) is 0 Å². The second-order valence-corrected chi connectivity index (χ2v) is 3.28. The highest BCUT2D eigenvalue weighted by Crippen LogP contribution is 2.14. The average Bonchev–Trinajstić information content (AvgIpc) is 2.26. The van der Waals surface area contributed by atoms with Gasteiger partial charge in [0.15, 0.2) is 0 Å². The molecular weight excluding hydrogens is 164 g/mol. The van der Waals surface area contributed by atoms with Crippen molar-refractivity contribution in [1.82, 2.24) is 4.57 Å². The number of carbonyl (C=O) groups excluding carboxylic acids is 1. The number of amides is 1. The first-order valence-electron chi connectivity index (χ1n) is 4.50. The van der Waals surface area contributed by atoms with Crippen LogP contribution in [0.3, 0.4) is 0 Å². The summed E-state index contributed by atoms with van der Waals surface area (Å²) in [4.78, 5) is 10.7. The van der Waals surface area contributed by atoms with Crippen LogP contribution < -0.4 is 5.73 Å². The van der Waals surface area contributed by atoms with E-state index in [-0.39, 0.29) is 5.91 Å². The fraction of sp³-hybridized carbons (Fsp3) is 0.500. The van der Waals surface area contributed by atoms with E-state index in [4.69, 9.17) is 5.73 Å². The van der Waals surface area contributed by atoms with Gasteiger partial charge in [-0.3, -0.25) is 4.79 Å². The molecule has 72 valence electrons. The lowest BCUT2D eigenvalue weighted by Crippen LogP contribution is -2.14. The van der Waals surface area contributed by atoms with Crippen LogP contribution in [0.1, 0.15) is 23.9 Å². The largest absolute Gasteiger partial charge is 0.369 e. The minimum Gasteiger partial charge on any atom is -0.369 e. The molecule has 0 spiro atoms. The van der Waals surface area contributed by atoms with Gasteiger partial charge in [-0.1, -0.05) is 0 Å². The van der Waals surface area contributed by atoms with Crippen molar-refractivity contribution in [2.45, 2.75) is 33.7 Å². The highest BCUT2D eigenvalue weighted by molar-refractivity contribution is 5.77. The summed E-state index contributed by atoms with van der Waals surface area (Å²) in [6, 6.07) is 2.03. The van der Waals surface area contributed by atoms with Gasteiger partial charge in [-0.15, -0.1) is 0 Å². The highest BCUT2D eigenvalue weighted by atomic mass is 16.1. The Morgan fingerprint density at radius 1 is 1.54 bits per heavy atom. The summed E-state index contributed by atoms with van der Waals surface area (Å²) in [5.74, 6) is -0.267. The zero-order valence-electron chi connectivity index (χ0n) is 8.42. The third-order valence-corrected chi connectivity index (χ3v) is 2.36. The number of nitrogens with zero attached hydrogens (tertiary/aromatic N) is 1. The summed E-state index contributed by atoms with van der Waals surface area (Å²) in [7, 11) is 0. The molecule has 1 amide bonds. The van der Waals surface area contributed by atoms with Crippen LogP contribution in [0.4, 0.5) is 0 Å². The molecule has 3 heteroatoms. The Kier molecular flexibility index (Phi) is 2.76. The van der Waals surface area contributed by atoms with Crippen LogP contribution in [-0.2, 0) is 17.8 Å². The van der Waals surface area contributed by atoms with Crippen molar-refractivity contribution in [1.29, 1.82) is 0 Å². The first-order valence-corrected chi connectivity index (χ1v) is 4.50. The van der Waals surface area contributed by atoms with E-state index in [0.717, 1.165) is 17.8 Å². The third-order valence-electron chi connectivity index (χ3n) is 2.36. The Bertz CT molecular complexity index is 326. The molecule has 13 heavy (non-hydrogen) atoms. The summed E-state index contributed by atoms with van der Waals surface area (Å²) in [6.45, 7) is 7.10. The smallest absolute Gasteiger partial charge is 0.221 e. The Labute approximate surface area is 78.5 Å². The number of aryl methyl sites for hydroxylation is 1. The lowest BCUT2D eigenvalue weighted by atomic mass is 10.2. The summed E-state index contributed by atoms with van der Waals surface area (Å²) in [5.41, 5.74) is 8.54. The standard InChI is InChI=1S/C10H16N2O/c1-4-12-7(2)5-9(8(12)3)6-10(11)13/h5H,4,6H2,1-3H3,(H2,11,13). The molecule has 1 rings (SSSR count). The molecule has 3 nitrogen and oxygen atoms in total. The maximum absolute atomic E-state index is 10.7. The van der Waals surface area contributed by atoms with E-state index in [1.54, 1.807) is 0 Å². The molecule has 0 fully saturated rings. The molecule has 0 bridgehead atoms. The van der Waals surface area contributed by atoms with Crippen LogP contribution in [0.25, 0.3) is 0 Å². The van der Waals surface area contributed by atoms with Crippen LogP contribution in [0.2, 0.25) is 0 Å². The number of nitrogens with two attached hydrogens (primary N) is 1. The Hall–Kier alpha value is -1.25. The van der Waals surface area contributed by atoms with Crippen molar-refractivity contribution in [3.05, 3.63) is 23.0 Å². The fourth-order valence-corrected chi connectivity index (χ4v) is 1.73. The van der Waals surface area contributed by atoms with Gasteiger partial charge in [0.2, 0.25) is 5.91 Å². The molecule has 0 aromatic carbocycles. The highest BCUT2D eigenvalue weighted by Gasteiger charge is 2.08. The second-order valence-electron chi connectivity index (χ2n) is 3.28. The van der Waals surface area contributed by atoms with Crippen molar-refractivity contribution in [2.24, 2.45) is 5.73 Å². The zero-order valence-corrected chi connectivity index (χ0v) is 8.42. The molecule has 0 saturated heterocycles. The molecule has 0 radical (unpaired) electrons. The van der Waals surface area contributed by atoms with E-state index in [9.17, 15) is 4.79 Å². The molecule has 0 aliphatic rings. The number of hydrogen-bond acceptors (Lipinski definition) is 1. The minimum atomic E-state index is -0.267. The van der Waals surface area contributed by atoms with Crippen LogP contribution in [-0.4, -0.2) is 10.5 Å². The van der Waals surface area contributed by atoms with E-state index in [1.807, 2.05) is 19.9 Å². The van der Waals surface area contributed by atoms with Crippen molar-refractivity contribution >= 4 is 5.91 Å². The minimum absolute atomic E-state index is 0.267. The van der Waals surface area contributed by atoms with Gasteiger partial charge >= 0.3 is 0 Å². The van der Waals surface area contributed by atoms with Gasteiger partial charge in [-0.25, -0.2) is 0 Å². The van der Waals surface area contributed by atoms with E-state index in [2.05, 4.69) is 11.5 Å². The summed E-state index contributed by atoms with van der Waals surface area (Å²) < 4.78 is 2.18. The number of rotatable bonds is 3. The van der Waals surface area contributed by atoms with Gasteiger partial charge in [0.1, 0.15) is 0 Å². The van der Waals surface area contributed by atoms with Gasteiger partial charge in [-0.2, -0.15) is 0 Å². The van der Waals surface area contributed by atoms with Gasteiger partial charge in [0.05, 0.1) is 6.42 Å². The Morgan fingerprint density at radius 3 is 2.54 bits per heavy atom. The molecule has 1 aromatic rings. The van der Waals surface area contributed by atoms with Gasteiger partial charge in [0.25, 0.3) is 0 Å². The first-order chi connectivity index (χ1) is 6.06. The molecule has 0 saturated carbocycles. The van der Waals surface area contributed by atoms with E-state index in [0.29, 0.717) is 6.42 Å². The van der Waals surface area contributed by atoms with Crippen LogP contribution in [0.5, 0.6) is 0 Å². The first kappa shape index (κ1) is 9.84. The summed E-state index contributed by atoms with van der Waals surface area (Å²) in [5, 5.41) is 0. The monoisotopic (exact) mass is 180 g/mol. The quantitative estimate of drug-likeness (QED) is 0.745. The fourth-order valence-electron chi connectivity index (χ4n) is 1.73. The van der Waals surface area contributed by atoms with Gasteiger partial charge < -0.3 is 10.3 Å². The molecule has 0 unspecified atom stereocenters. The molecule has 1 aromatic heterocycles. The molecule has 0 atom stereocenters. The number of carbonyl (C=O) groups is 1. The van der Waals surface area contributed by atoms with Crippen molar-refractivity contribution in [3.63, 3.8) is 0 Å². The molecule has 0 aliphatic carbocycles. The normalized spacial score (nSPS) is 10.4. The number of aromatic nitrogens is 1. The Morgan fingerprint density at radius 2 is 2.15 bits per heavy atom. The lowest BCUT2D eigenvalue weighted by molar-refractivity contribution is -0.117. The van der Waals surface area contributed by atoms with E-state index < -0.39 is 0 Å². The average molecular weight is 180 g/mol. The predicted molar refractivity (Wildman–Crippen MR) is 52.5 cm³/mol. The number of hydrogen-bond donors (Lipinski definition) is 1. The lowest BCUT2D eigenvalue weighted by Gasteiger charge is -2.04. The maximum Gasteiger partial charge on any atom is 0.221 e. The third kappa shape index (κ3) is 1.91. The predicted octanol–water partition coefficient (Wildman–Crippen LogP) is 1.15. The van der Waals surface area contributed by atoms with Gasteiger partial charge in [0, 0.05) is 17.9 Å².